The predicted molar refractivity (Wildman–Crippen MR) is 75.3 cm³/mol. The quantitative estimate of drug-likeness (QED) is 0.774. The molecule has 1 N–H and O–H groups in total. The lowest BCUT2D eigenvalue weighted by Gasteiger charge is -2.46. The van der Waals surface area contributed by atoms with Gasteiger partial charge in [-0.25, -0.2) is 0 Å². The summed E-state index contributed by atoms with van der Waals surface area (Å²) in [5.41, 5.74) is 0.0931. The van der Waals surface area contributed by atoms with Gasteiger partial charge < -0.3 is 5.11 Å². The Hall–Kier alpha value is -0.520. The van der Waals surface area contributed by atoms with E-state index in [-0.39, 0.29) is 11.6 Å². The fourth-order valence-corrected chi connectivity index (χ4v) is 3.79. The van der Waals surface area contributed by atoms with Gasteiger partial charge in [0, 0.05) is 12.0 Å². The lowest BCUT2D eigenvalue weighted by molar-refractivity contribution is -0.0414. The Kier molecular flexibility index (Phi) is 5.09. The summed E-state index contributed by atoms with van der Waals surface area (Å²) in [4.78, 5) is 2.60. The highest BCUT2D eigenvalue weighted by molar-refractivity contribution is 5.03. The maximum absolute atomic E-state index is 10.7. The van der Waals surface area contributed by atoms with Gasteiger partial charge in [-0.1, -0.05) is 19.3 Å². The zero-order chi connectivity index (χ0) is 12.8. The molecule has 0 aromatic heterocycles. The molecule has 2 rings (SSSR count). The van der Waals surface area contributed by atoms with Crippen LogP contribution in [0.4, 0.5) is 0 Å². The van der Waals surface area contributed by atoms with E-state index in [2.05, 4.69) is 16.7 Å². The fraction of sp³-hybridized carbons (Fsp3) is 0.875. The normalized spacial score (nSPS) is 25.4. The van der Waals surface area contributed by atoms with Gasteiger partial charge in [0.05, 0.1) is 6.10 Å². The summed E-state index contributed by atoms with van der Waals surface area (Å²) in [6.07, 6.45) is 10.4. The topological polar surface area (TPSA) is 23.5 Å². The number of hydrogen-bond donors (Lipinski definition) is 1. The summed E-state index contributed by atoms with van der Waals surface area (Å²) >= 11 is 0. The molecule has 1 saturated heterocycles. The highest BCUT2D eigenvalue weighted by Gasteiger charge is 2.44. The maximum atomic E-state index is 10.7. The van der Waals surface area contributed by atoms with Crippen molar-refractivity contribution in [2.45, 2.75) is 76.4 Å². The van der Waals surface area contributed by atoms with E-state index in [4.69, 9.17) is 0 Å². The highest BCUT2D eigenvalue weighted by Crippen LogP contribution is 2.40. The van der Waals surface area contributed by atoms with Crippen molar-refractivity contribution in [3.8, 4) is 11.8 Å². The Morgan fingerprint density at radius 2 is 1.78 bits per heavy atom. The summed E-state index contributed by atoms with van der Waals surface area (Å²) in [6, 6.07) is 0. The molecule has 1 saturated carbocycles. The largest absolute Gasteiger partial charge is 0.391 e. The lowest BCUT2D eigenvalue weighted by Crippen LogP contribution is -2.56. The fourth-order valence-electron chi connectivity index (χ4n) is 3.79. The molecular weight excluding hydrogens is 222 g/mol. The van der Waals surface area contributed by atoms with Crippen molar-refractivity contribution in [1.29, 1.82) is 0 Å². The summed E-state index contributed by atoms with van der Waals surface area (Å²) in [5.74, 6) is 6.03. The van der Waals surface area contributed by atoms with Gasteiger partial charge in [0.1, 0.15) is 0 Å². The summed E-state index contributed by atoms with van der Waals surface area (Å²) in [6.45, 7) is 4.26. The minimum absolute atomic E-state index is 0.0931. The van der Waals surface area contributed by atoms with Gasteiger partial charge in [-0.15, -0.1) is 11.8 Å². The van der Waals surface area contributed by atoms with E-state index in [1.807, 2.05) is 6.92 Å². The van der Waals surface area contributed by atoms with Crippen LogP contribution >= 0.6 is 0 Å². The molecule has 1 aliphatic heterocycles. The van der Waals surface area contributed by atoms with E-state index in [0.29, 0.717) is 0 Å². The monoisotopic (exact) mass is 249 g/mol. The zero-order valence-corrected chi connectivity index (χ0v) is 11.7. The summed E-state index contributed by atoms with van der Waals surface area (Å²) in [5, 5.41) is 10.7. The molecule has 2 heteroatoms. The minimum atomic E-state index is -0.182. The van der Waals surface area contributed by atoms with Crippen LogP contribution in [0, 0.1) is 11.8 Å². The molecule has 0 aromatic carbocycles. The lowest BCUT2D eigenvalue weighted by atomic mass is 9.84. The van der Waals surface area contributed by atoms with Gasteiger partial charge >= 0.3 is 0 Å². The second-order valence-electron chi connectivity index (χ2n) is 5.84. The first kappa shape index (κ1) is 13.9. The molecule has 0 aromatic rings. The zero-order valence-electron chi connectivity index (χ0n) is 11.7. The van der Waals surface area contributed by atoms with Gasteiger partial charge in [-0.3, -0.25) is 4.90 Å². The molecule has 102 valence electrons. The van der Waals surface area contributed by atoms with Crippen LogP contribution in [-0.4, -0.2) is 34.7 Å². The molecule has 2 nitrogen and oxygen atoms in total. The van der Waals surface area contributed by atoms with Gasteiger partial charge in [-0.05, 0) is 52.1 Å². The number of aliphatic hydroxyl groups is 1. The van der Waals surface area contributed by atoms with Crippen LogP contribution in [0.25, 0.3) is 0 Å². The highest BCUT2D eigenvalue weighted by atomic mass is 16.3. The third-order valence-electron chi connectivity index (χ3n) is 4.80. The van der Waals surface area contributed by atoms with E-state index < -0.39 is 0 Å². The number of aliphatic hydroxyl groups excluding tert-OH is 1. The Morgan fingerprint density at radius 1 is 1.11 bits per heavy atom. The van der Waals surface area contributed by atoms with Crippen LogP contribution in [0.5, 0.6) is 0 Å². The molecule has 2 aliphatic rings. The minimum Gasteiger partial charge on any atom is -0.391 e. The van der Waals surface area contributed by atoms with Crippen LogP contribution in [0.3, 0.4) is 0 Å². The van der Waals surface area contributed by atoms with Crippen LogP contribution < -0.4 is 0 Å². The molecule has 1 heterocycles. The number of hydrogen-bond acceptors (Lipinski definition) is 2. The summed E-state index contributed by atoms with van der Waals surface area (Å²) < 4.78 is 0. The van der Waals surface area contributed by atoms with Crippen molar-refractivity contribution in [1.82, 2.24) is 4.90 Å². The first-order chi connectivity index (χ1) is 8.79. The van der Waals surface area contributed by atoms with Crippen LogP contribution in [-0.2, 0) is 0 Å². The Labute approximate surface area is 112 Å². The van der Waals surface area contributed by atoms with Gasteiger partial charge in [-0.2, -0.15) is 0 Å². The van der Waals surface area contributed by atoms with Crippen molar-refractivity contribution in [3.63, 3.8) is 0 Å². The third kappa shape index (κ3) is 2.90. The molecule has 18 heavy (non-hydrogen) atoms. The predicted octanol–water partition coefficient (Wildman–Crippen LogP) is 2.95. The first-order valence-electron chi connectivity index (χ1n) is 7.62. The molecule has 1 unspecified atom stereocenters. The number of rotatable bonds is 4. The molecule has 0 amide bonds. The SMILES string of the molecule is CC#CCCC(O)C1(N2CCCCC2)CCCC1. The van der Waals surface area contributed by atoms with Gasteiger partial charge in [0.2, 0.25) is 0 Å². The van der Waals surface area contributed by atoms with Crippen LogP contribution in [0.2, 0.25) is 0 Å². The molecular formula is C16H27NO. The number of likely N-dealkylation sites (tertiary alicyclic amines) is 1. The van der Waals surface area contributed by atoms with Crippen molar-refractivity contribution in [2.24, 2.45) is 0 Å². The third-order valence-corrected chi connectivity index (χ3v) is 4.80. The van der Waals surface area contributed by atoms with Crippen molar-refractivity contribution >= 4 is 0 Å². The van der Waals surface area contributed by atoms with Crippen molar-refractivity contribution in [3.05, 3.63) is 0 Å². The average Bonchev–Trinajstić information content (AvgIpc) is 2.90. The number of piperidine rings is 1. The second-order valence-corrected chi connectivity index (χ2v) is 5.84. The Balaban J connectivity index is 2.01. The van der Waals surface area contributed by atoms with Crippen molar-refractivity contribution in [2.75, 3.05) is 13.1 Å². The molecule has 1 aliphatic carbocycles. The standard InChI is InChI=1S/C16H27NO/c1-2-3-5-10-15(18)16(11-6-7-12-16)17-13-8-4-9-14-17/h15,18H,4-14H2,1H3. The first-order valence-corrected chi connectivity index (χ1v) is 7.62. The number of nitrogens with zero attached hydrogens (tertiary/aromatic N) is 1. The van der Waals surface area contributed by atoms with Crippen LogP contribution in [0.1, 0.15) is 64.7 Å². The average molecular weight is 249 g/mol. The maximum Gasteiger partial charge on any atom is 0.0732 e. The molecule has 0 radical (unpaired) electrons. The van der Waals surface area contributed by atoms with E-state index in [1.54, 1.807) is 0 Å². The second kappa shape index (κ2) is 6.59. The van der Waals surface area contributed by atoms with E-state index in [0.717, 1.165) is 12.8 Å². The van der Waals surface area contributed by atoms with Crippen LogP contribution in [0.15, 0.2) is 0 Å². The van der Waals surface area contributed by atoms with Crippen molar-refractivity contribution < 1.29 is 5.11 Å². The van der Waals surface area contributed by atoms with Gasteiger partial charge in [0.15, 0.2) is 0 Å². The Bertz CT molecular complexity index is 303. The van der Waals surface area contributed by atoms with E-state index in [9.17, 15) is 5.11 Å². The van der Waals surface area contributed by atoms with Gasteiger partial charge in [0.25, 0.3) is 0 Å². The molecule has 0 bridgehead atoms. The molecule has 0 spiro atoms. The smallest absolute Gasteiger partial charge is 0.0732 e. The van der Waals surface area contributed by atoms with E-state index in [1.165, 1.54) is 58.0 Å². The summed E-state index contributed by atoms with van der Waals surface area (Å²) in [7, 11) is 0. The Morgan fingerprint density at radius 3 is 2.39 bits per heavy atom. The molecule has 1 atom stereocenters. The van der Waals surface area contributed by atoms with E-state index >= 15 is 0 Å². The molecule has 2 fully saturated rings.